The highest BCUT2D eigenvalue weighted by Gasteiger charge is 2.40. The highest BCUT2D eigenvalue weighted by molar-refractivity contribution is 7.91. The molecular weight excluding hydrogens is 425 g/mol. The molecule has 0 unspecified atom stereocenters. The minimum Gasteiger partial charge on any atom is -0.298 e. The molecule has 0 saturated heterocycles. The fraction of sp³-hybridized carbons (Fsp3) is 0.333. The number of pyridine rings is 1. The van der Waals surface area contributed by atoms with Crippen LogP contribution in [-0.2, 0) is 16.0 Å². The molecule has 0 radical (unpaired) electrons. The van der Waals surface area contributed by atoms with E-state index in [2.05, 4.69) is 9.97 Å². The van der Waals surface area contributed by atoms with E-state index in [-0.39, 0.29) is 33.2 Å². The molecule has 3 aromatic heterocycles. The normalized spacial score (nSPS) is 14.9. The number of carbonyl (C=O) groups is 1. The number of hydrogen-bond acceptors (Lipinski definition) is 6. The number of sulfone groups is 1. The first-order chi connectivity index (χ1) is 14.1. The van der Waals surface area contributed by atoms with Crippen molar-refractivity contribution < 1.29 is 26.4 Å². The van der Waals surface area contributed by atoms with Gasteiger partial charge in [-0.15, -0.1) is 0 Å². The van der Waals surface area contributed by atoms with Crippen LogP contribution >= 0.6 is 0 Å². The van der Waals surface area contributed by atoms with Gasteiger partial charge in [0.15, 0.2) is 16.1 Å². The summed E-state index contributed by atoms with van der Waals surface area (Å²) in [5.41, 5.74) is -2.50. The van der Waals surface area contributed by atoms with E-state index < -0.39 is 33.4 Å². The number of hydrogen-bond donors (Lipinski definition) is 0. The summed E-state index contributed by atoms with van der Waals surface area (Å²) in [4.78, 5) is 31.5. The first-order valence-electron chi connectivity index (χ1n) is 8.97. The Morgan fingerprint density at radius 1 is 1.27 bits per heavy atom. The summed E-state index contributed by atoms with van der Waals surface area (Å²) in [6, 6.07) is 1.35. The van der Waals surface area contributed by atoms with Gasteiger partial charge in [0, 0.05) is 30.1 Å². The third-order valence-corrected chi connectivity index (χ3v) is 6.58. The second-order valence-electron chi connectivity index (χ2n) is 6.90. The standard InChI is InChI=1S/C18H15F3N4O4S/c1-2-30(28,29)13-5-10(9-26)7-22-16(13)12-8-24-15(23-12)6-14(18(19,20)21)25(17(24)27)11-3-4-11/h5-9,11H,2-4H2,1H3. The lowest BCUT2D eigenvalue weighted by atomic mass is 10.2. The molecule has 1 aliphatic rings. The Morgan fingerprint density at radius 3 is 2.53 bits per heavy atom. The van der Waals surface area contributed by atoms with Gasteiger partial charge in [-0.25, -0.2) is 18.2 Å². The van der Waals surface area contributed by atoms with E-state index in [1.807, 2.05) is 0 Å². The average Bonchev–Trinajstić information content (AvgIpc) is 3.44. The van der Waals surface area contributed by atoms with Crippen LogP contribution in [0.1, 0.15) is 41.9 Å². The van der Waals surface area contributed by atoms with E-state index in [9.17, 15) is 31.2 Å². The summed E-state index contributed by atoms with van der Waals surface area (Å²) in [7, 11) is -3.83. The maximum absolute atomic E-state index is 13.5. The van der Waals surface area contributed by atoms with E-state index in [1.54, 1.807) is 0 Å². The maximum atomic E-state index is 13.5. The third-order valence-electron chi connectivity index (χ3n) is 4.84. The molecule has 12 heteroatoms. The Bertz CT molecular complexity index is 1340. The number of rotatable bonds is 5. The van der Waals surface area contributed by atoms with Crippen LogP contribution in [0.25, 0.3) is 17.0 Å². The van der Waals surface area contributed by atoms with E-state index in [0.717, 1.165) is 28.9 Å². The second-order valence-corrected chi connectivity index (χ2v) is 9.15. The lowest BCUT2D eigenvalue weighted by Gasteiger charge is -2.14. The number of imidazole rings is 1. The van der Waals surface area contributed by atoms with Gasteiger partial charge in [0.25, 0.3) is 0 Å². The molecule has 158 valence electrons. The van der Waals surface area contributed by atoms with Crippen LogP contribution in [0.4, 0.5) is 13.2 Å². The monoisotopic (exact) mass is 440 g/mol. The minimum atomic E-state index is -4.75. The van der Waals surface area contributed by atoms with Crippen LogP contribution in [0.15, 0.2) is 34.2 Å². The van der Waals surface area contributed by atoms with Gasteiger partial charge in [0.1, 0.15) is 22.7 Å². The smallest absolute Gasteiger partial charge is 0.298 e. The van der Waals surface area contributed by atoms with Crippen LogP contribution in [0.5, 0.6) is 0 Å². The Labute approximate surface area is 167 Å². The van der Waals surface area contributed by atoms with Crippen molar-refractivity contribution in [1.29, 1.82) is 0 Å². The Hall–Kier alpha value is -3.02. The molecule has 0 atom stereocenters. The average molecular weight is 440 g/mol. The van der Waals surface area contributed by atoms with Gasteiger partial charge in [-0.1, -0.05) is 6.92 Å². The zero-order valence-corrected chi connectivity index (χ0v) is 16.4. The maximum Gasteiger partial charge on any atom is 0.431 e. The summed E-state index contributed by atoms with van der Waals surface area (Å²) in [6.45, 7) is 1.40. The minimum absolute atomic E-state index is 0.0185. The molecule has 1 saturated carbocycles. The molecule has 1 fully saturated rings. The van der Waals surface area contributed by atoms with Crippen molar-refractivity contribution in [3.05, 3.63) is 46.3 Å². The molecular formula is C18H15F3N4O4S. The SMILES string of the molecule is CCS(=O)(=O)c1cc(C=O)cnc1-c1cn2c(=O)n(C3CC3)c(C(F)(F)F)cc2n1. The van der Waals surface area contributed by atoms with Crippen molar-refractivity contribution in [3.63, 3.8) is 0 Å². The molecule has 4 rings (SSSR count). The summed E-state index contributed by atoms with van der Waals surface area (Å²) in [6.07, 6.45) is -1.11. The number of aromatic nitrogens is 4. The van der Waals surface area contributed by atoms with Crippen LogP contribution in [0, 0.1) is 0 Å². The summed E-state index contributed by atoms with van der Waals surface area (Å²) in [5, 5.41) is 0. The highest BCUT2D eigenvalue weighted by Crippen LogP contribution is 2.39. The van der Waals surface area contributed by atoms with E-state index in [1.165, 1.54) is 6.92 Å². The molecule has 0 aromatic carbocycles. The van der Waals surface area contributed by atoms with Crippen molar-refractivity contribution >= 4 is 21.8 Å². The van der Waals surface area contributed by atoms with E-state index in [4.69, 9.17) is 0 Å². The predicted octanol–water partition coefficient (Wildman–Crippen LogP) is 2.52. The Morgan fingerprint density at radius 2 is 1.97 bits per heavy atom. The Balaban J connectivity index is 2.00. The molecule has 3 aromatic rings. The van der Waals surface area contributed by atoms with Crippen LogP contribution < -0.4 is 5.69 Å². The van der Waals surface area contributed by atoms with Gasteiger partial charge in [-0.3, -0.25) is 18.7 Å². The van der Waals surface area contributed by atoms with Crippen molar-refractivity contribution in [2.45, 2.75) is 36.9 Å². The number of fused-ring (bicyclic) bond motifs is 1. The number of nitrogens with zero attached hydrogens (tertiary/aromatic N) is 4. The van der Waals surface area contributed by atoms with E-state index in [0.29, 0.717) is 23.7 Å². The zero-order chi connectivity index (χ0) is 21.8. The van der Waals surface area contributed by atoms with Crippen molar-refractivity contribution in [1.82, 2.24) is 18.9 Å². The first-order valence-corrected chi connectivity index (χ1v) is 10.6. The molecule has 0 spiro atoms. The van der Waals surface area contributed by atoms with Crippen molar-refractivity contribution in [2.75, 3.05) is 5.75 Å². The fourth-order valence-electron chi connectivity index (χ4n) is 3.19. The van der Waals surface area contributed by atoms with Crippen LogP contribution in [0.3, 0.4) is 0 Å². The van der Waals surface area contributed by atoms with Crippen molar-refractivity contribution in [3.8, 4) is 11.4 Å². The number of aldehydes is 1. The van der Waals surface area contributed by atoms with Gasteiger partial charge >= 0.3 is 11.9 Å². The summed E-state index contributed by atoms with van der Waals surface area (Å²) >= 11 is 0. The number of carbonyl (C=O) groups excluding carboxylic acids is 1. The largest absolute Gasteiger partial charge is 0.431 e. The molecule has 8 nitrogen and oxygen atoms in total. The lowest BCUT2D eigenvalue weighted by Crippen LogP contribution is -2.31. The van der Waals surface area contributed by atoms with Gasteiger partial charge in [0.05, 0.1) is 10.6 Å². The van der Waals surface area contributed by atoms with Gasteiger partial charge < -0.3 is 0 Å². The van der Waals surface area contributed by atoms with Crippen molar-refractivity contribution in [2.24, 2.45) is 0 Å². The van der Waals surface area contributed by atoms with E-state index >= 15 is 0 Å². The lowest BCUT2D eigenvalue weighted by molar-refractivity contribution is -0.144. The molecule has 0 aliphatic heterocycles. The van der Waals surface area contributed by atoms with Gasteiger partial charge in [0.2, 0.25) is 0 Å². The first kappa shape index (κ1) is 20.3. The molecule has 0 amide bonds. The topological polar surface area (TPSA) is 103 Å². The van der Waals surface area contributed by atoms with Crippen LogP contribution in [-0.4, -0.2) is 39.4 Å². The zero-order valence-electron chi connectivity index (χ0n) is 15.5. The molecule has 1 aliphatic carbocycles. The molecule has 0 N–H and O–H groups in total. The fourth-order valence-corrected chi connectivity index (χ4v) is 4.27. The predicted molar refractivity (Wildman–Crippen MR) is 99.1 cm³/mol. The molecule has 30 heavy (non-hydrogen) atoms. The number of halogens is 3. The number of alkyl halides is 3. The summed E-state index contributed by atoms with van der Waals surface area (Å²) in [5.74, 6) is -0.288. The van der Waals surface area contributed by atoms with Gasteiger partial charge in [-0.05, 0) is 18.9 Å². The van der Waals surface area contributed by atoms with Gasteiger partial charge in [-0.2, -0.15) is 13.2 Å². The highest BCUT2D eigenvalue weighted by atomic mass is 32.2. The Kier molecular flexibility index (Phi) is 4.56. The quantitative estimate of drug-likeness (QED) is 0.565. The molecule has 0 bridgehead atoms. The molecule has 3 heterocycles. The second kappa shape index (κ2) is 6.76. The third kappa shape index (κ3) is 3.30. The summed E-state index contributed by atoms with van der Waals surface area (Å²) < 4.78 is 67.1. The van der Waals surface area contributed by atoms with Crippen LogP contribution in [0.2, 0.25) is 0 Å².